The summed E-state index contributed by atoms with van der Waals surface area (Å²) in [7, 11) is 3.30. The number of likely N-dealkylation sites (tertiary alicyclic amines) is 1. The van der Waals surface area contributed by atoms with Crippen molar-refractivity contribution in [2.75, 3.05) is 52.4 Å². The maximum absolute atomic E-state index is 12.8. The molecule has 0 aliphatic carbocycles. The van der Waals surface area contributed by atoms with Crippen molar-refractivity contribution in [3.8, 4) is 5.75 Å². The van der Waals surface area contributed by atoms with E-state index in [2.05, 4.69) is 17.2 Å². The first-order chi connectivity index (χ1) is 14.5. The van der Waals surface area contributed by atoms with Crippen molar-refractivity contribution in [3.05, 3.63) is 29.3 Å². The highest BCUT2D eigenvalue weighted by Crippen LogP contribution is 2.31. The van der Waals surface area contributed by atoms with E-state index < -0.39 is 5.79 Å². The number of carbonyl (C=O) groups excluding carboxylic acids is 1. The van der Waals surface area contributed by atoms with Gasteiger partial charge in [0.15, 0.2) is 10.9 Å². The molecule has 2 saturated heterocycles. The molecule has 3 heterocycles. The van der Waals surface area contributed by atoms with E-state index in [4.69, 9.17) is 18.9 Å². The van der Waals surface area contributed by atoms with Gasteiger partial charge in [-0.05, 0) is 29.3 Å². The number of nitrogens with one attached hydrogen (secondary N) is 1. The minimum Gasteiger partial charge on any atom is -0.495 e. The lowest BCUT2D eigenvalue weighted by atomic mass is 10.0. The van der Waals surface area contributed by atoms with E-state index in [1.54, 1.807) is 25.3 Å². The van der Waals surface area contributed by atoms with Crippen LogP contribution in [-0.2, 0) is 14.2 Å². The summed E-state index contributed by atoms with van der Waals surface area (Å²) in [6.45, 7) is 5.25. The number of anilines is 1. The second-order valence-corrected chi connectivity index (χ2v) is 8.30. The Morgan fingerprint density at radius 1 is 1.30 bits per heavy atom. The van der Waals surface area contributed by atoms with E-state index in [1.165, 1.54) is 11.3 Å². The van der Waals surface area contributed by atoms with Gasteiger partial charge in [0.05, 0.1) is 26.5 Å². The van der Waals surface area contributed by atoms with E-state index in [9.17, 15) is 4.79 Å². The molecule has 2 aliphatic rings. The lowest BCUT2D eigenvalue weighted by Crippen LogP contribution is -2.48. The van der Waals surface area contributed by atoms with Gasteiger partial charge in [-0.2, -0.15) is 0 Å². The standard InChI is InChI=1S/C21H31N3O5S/c1-16(6-11-26-2)17-4-5-18(27-3)14-22-19(30-15-17)23-20(25)24-9-7-21(8-10-24)28-12-13-29-21/h4-5,14-16H,6-13H2,1-3H3,(H,22,23,25). The summed E-state index contributed by atoms with van der Waals surface area (Å²) in [4.78, 5) is 19.0. The second kappa shape index (κ2) is 10.9. The van der Waals surface area contributed by atoms with Crippen molar-refractivity contribution in [2.45, 2.75) is 37.9 Å². The lowest BCUT2D eigenvalue weighted by molar-refractivity contribution is -0.181. The largest absolute Gasteiger partial charge is 0.495 e. The second-order valence-electron chi connectivity index (χ2n) is 7.45. The Kier molecular flexibility index (Phi) is 8.26. The lowest BCUT2D eigenvalue weighted by Gasteiger charge is -2.37. The number of piperidine rings is 1. The first kappa shape index (κ1) is 22.7. The average molecular weight is 438 g/mol. The van der Waals surface area contributed by atoms with E-state index in [0.29, 0.717) is 62.6 Å². The molecular weight excluding hydrogens is 406 g/mol. The van der Waals surface area contributed by atoms with Gasteiger partial charge in [-0.15, -0.1) is 11.3 Å². The quantitative estimate of drug-likeness (QED) is 0.729. The summed E-state index contributed by atoms with van der Waals surface area (Å²) in [5, 5.41) is 5.46. The first-order valence-electron chi connectivity index (χ1n) is 10.2. The SMILES string of the molecule is COCCC(C)c1ccc(OC)cnc(NC(=O)N2CCC3(CC2)OCCO3)sc1. The third kappa shape index (κ3) is 6.04. The molecule has 1 N–H and O–H groups in total. The van der Waals surface area contributed by atoms with Gasteiger partial charge in [-0.3, -0.25) is 5.32 Å². The molecule has 0 saturated carbocycles. The minimum atomic E-state index is -0.501. The van der Waals surface area contributed by atoms with Crippen molar-refractivity contribution < 1.29 is 23.7 Å². The number of urea groups is 1. The van der Waals surface area contributed by atoms with Crippen LogP contribution >= 0.6 is 11.3 Å². The molecule has 0 aromatic carbocycles. The molecule has 30 heavy (non-hydrogen) atoms. The molecule has 2 amide bonds. The monoisotopic (exact) mass is 437 g/mol. The topological polar surface area (TPSA) is 82.2 Å². The predicted octanol–water partition coefficient (Wildman–Crippen LogP) is 3.79. The number of aromatic nitrogens is 1. The fourth-order valence-electron chi connectivity index (χ4n) is 3.47. The van der Waals surface area contributed by atoms with Crippen molar-refractivity contribution >= 4 is 22.5 Å². The maximum atomic E-state index is 12.8. The predicted molar refractivity (Wildman–Crippen MR) is 116 cm³/mol. The van der Waals surface area contributed by atoms with E-state index in [-0.39, 0.29) is 6.03 Å². The summed E-state index contributed by atoms with van der Waals surface area (Å²) in [5.74, 6) is 0.412. The molecule has 1 atom stereocenters. The number of nitrogens with zero attached hydrogens (tertiary/aromatic N) is 2. The molecule has 0 radical (unpaired) electrons. The van der Waals surface area contributed by atoms with Crippen LogP contribution in [0.4, 0.5) is 9.93 Å². The van der Waals surface area contributed by atoms with Gasteiger partial charge in [0.1, 0.15) is 5.75 Å². The fraction of sp³-hybridized carbons (Fsp3) is 0.619. The number of ether oxygens (including phenoxy) is 4. The molecule has 1 aromatic heterocycles. The van der Waals surface area contributed by atoms with Crippen LogP contribution in [-0.4, -0.2) is 68.8 Å². The van der Waals surface area contributed by atoms with Crippen LogP contribution in [0.1, 0.15) is 37.7 Å². The smallest absolute Gasteiger partial charge is 0.323 e. The third-order valence-corrected chi connectivity index (χ3v) is 6.28. The highest BCUT2D eigenvalue weighted by atomic mass is 32.1. The normalized spacial score (nSPS) is 18.7. The van der Waals surface area contributed by atoms with Crippen LogP contribution in [0, 0.1) is 0 Å². The molecule has 8 nitrogen and oxygen atoms in total. The Balaban J connectivity index is 1.72. The van der Waals surface area contributed by atoms with Crippen LogP contribution in [0.5, 0.6) is 5.75 Å². The highest BCUT2D eigenvalue weighted by Gasteiger charge is 2.40. The Morgan fingerprint density at radius 3 is 2.70 bits per heavy atom. The van der Waals surface area contributed by atoms with Crippen molar-refractivity contribution in [3.63, 3.8) is 0 Å². The molecule has 1 spiro atoms. The van der Waals surface area contributed by atoms with Gasteiger partial charge in [0.2, 0.25) is 0 Å². The number of amides is 2. The number of methoxy groups -OCH3 is 2. The zero-order valence-electron chi connectivity index (χ0n) is 17.9. The average Bonchev–Trinajstić information content (AvgIpc) is 3.24. The number of hydrogen-bond donors (Lipinski definition) is 1. The summed E-state index contributed by atoms with van der Waals surface area (Å²) >= 11 is 1.39. The summed E-state index contributed by atoms with van der Waals surface area (Å²) in [6.07, 6.45) is 3.87. The molecule has 166 valence electrons. The Morgan fingerprint density at radius 2 is 2.03 bits per heavy atom. The van der Waals surface area contributed by atoms with E-state index >= 15 is 0 Å². The third-order valence-electron chi connectivity index (χ3n) is 5.46. The molecule has 1 unspecified atom stereocenters. The zero-order chi connectivity index (χ0) is 21.4. The van der Waals surface area contributed by atoms with Gasteiger partial charge in [-0.1, -0.05) is 13.0 Å². The molecular formula is C21H31N3O5S. The molecule has 2 aliphatic heterocycles. The van der Waals surface area contributed by atoms with Crippen molar-refractivity contribution in [1.29, 1.82) is 0 Å². The molecule has 3 rings (SSSR count). The number of hydrogen-bond acceptors (Lipinski definition) is 7. The van der Waals surface area contributed by atoms with E-state index in [1.807, 2.05) is 17.5 Å². The molecule has 1 aromatic rings. The van der Waals surface area contributed by atoms with Gasteiger partial charge in [-0.25, -0.2) is 9.78 Å². The summed E-state index contributed by atoms with van der Waals surface area (Å²) < 4.78 is 22.0. The number of rotatable bonds is 6. The van der Waals surface area contributed by atoms with Crippen LogP contribution in [0.15, 0.2) is 23.7 Å². The van der Waals surface area contributed by atoms with Gasteiger partial charge < -0.3 is 23.8 Å². The van der Waals surface area contributed by atoms with Crippen LogP contribution in [0.25, 0.3) is 0 Å². The Labute approximate surface area is 181 Å². The van der Waals surface area contributed by atoms with Crippen LogP contribution < -0.4 is 10.1 Å². The van der Waals surface area contributed by atoms with Gasteiger partial charge >= 0.3 is 6.03 Å². The van der Waals surface area contributed by atoms with E-state index in [0.717, 1.165) is 12.0 Å². The molecule has 9 heteroatoms. The van der Waals surface area contributed by atoms with Crippen LogP contribution in [0.2, 0.25) is 0 Å². The number of carbonyl (C=O) groups is 1. The summed E-state index contributed by atoms with van der Waals surface area (Å²) in [5.41, 5.74) is 1.12. The fourth-order valence-corrected chi connectivity index (χ4v) is 4.29. The van der Waals surface area contributed by atoms with Crippen molar-refractivity contribution in [1.82, 2.24) is 9.88 Å². The van der Waals surface area contributed by atoms with Gasteiger partial charge in [0.25, 0.3) is 0 Å². The zero-order valence-corrected chi connectivity index (χ0v) is 18.7. The Hall–Kier alpha value is -1.94. The molecule has 0 bridgehead atoms. The summed E-state index contributed by atoms with van der Waals surface area (Å²) in [6, 6.07) is 3.74. The van der Waals surface area contributed by atoms with Crippen molar-refractivity contribution in [2.24, 2.45) is 0 Å². The van der Waals surface area contributed by atoms with Crippen LogP contribution in [0.3, 0.4) is 0 Å². The first-order valence-corrected chi connectivity index (χ1v) is 11.1. The maximum Gasteiger partial charge on any atom is 0.323 e. The molecule has 2 fully saturated rings. The minimum absolute atomic E-state index is 0.170. The Bertz CT molecular complexity index is 755. The van der Waals surface area contributed by atoms with Gasteiger partial charge in [0, 0.05) is 39.6 Å². The highest BCUT2D eigenvalue weighted by molar-refractivity contribution is 7.13.